The van der Waals surface area contributed by atoms with Gasteiger partial charge in [-0.25, -0.2) is 9.59 Å². The standard InChI is InChI=1S/C47H53F3N4O7/c1-30(2)54(39-28-52(44(58)61-45(3,4)5)23-21-35(39)34-20-14-19-33(25-34)32-17-12-9-13-18-32)41(55)36-26-38-40(27-37(36)47(48,49)50)60-46(6,7)42(56)53(38)24-22-51-43(57)59-29-31-15-10-8-11-16-31/h8-20,25-27,30,35,39H,21-24,28-29H2,1-7H3,(H,51,57)/t35-,39+/m0/s1. The van der Waals surface area contributed by atoms with Crippen molar-refractivity contribution in [1.82, 2.24) is 15.1 Å². The maximum atomic E-state index is 15.2. The van der Waals surface area contributed by atoms with Gasteiger partial charge in [-0.1, -0.05) is 84.9 Å². The second-order valence-electron chi connectivity index (χ2n) is 17.1. The Hall–Kier alpha value is -6.05. The number of alkyl halides is 3. The first-order chi connectivity index (χ1) is 28.7. The van der Waals surface area contributed by atoms with Gasteiger partial charge in [0, 0.05) is 38.1 Å². The molecule has 6 rings (SSSR count). The van der Waals surface area contributed by atoms with Crippen molar-refractivity contribution in [2.45, 2.75) is 96.9 Å². The number of alkyl carbamates (subject to hydrolysis) is 1. The van der Waals surface area contributed by atoms with Crippen LogP contribution in [-0.4, -0.2) is 83.3 Å². The van der Waals surface area contributed by atoms with Crippen LogP contribution in [0.5, 0.6) is 5.75 Å². The Kier molecular flexibility index (Phi) is 13.1. The van der Waals surface area contributed by atoms with Crippen molar-refractivity contribution in [3.05, 3.63) is 119 Å². The zero-order chi connectivity index (χ0) is 44.3. The first kappa shape index (κ1) is 44.5. The van der Waals surface area contributed by atoms with Gasteiger partial charge in [0.2, 0.25) is 0 Å². The topological polar surface area (TPSA) is 118 Å². The molecule has 2 atom stereocenters. The number of piperidine rings is 1. The van der Waals surface area contributed by atoms with Crippen LogP contribution in [0.1, 0.15) is 87.9 Å². The molecular formula is C47H53F3N4O7. The minimum atomic E-state index is -5.01. The monoisotopic (exact) mass is 842 g/mol. The summed E-state index contributed by atoms with van der Waals surface area (Å²) in [5.74, 6) is -2.17. The minimum absolute atomic E-state index is 0.00686. The van der Waals surface area contributed by atoms with Gasteiger partial charge < -0.3 is 34.2 Å². The number of benzene rings is 4. The Bertz CT molecular complexity index is 2220. The molecule has 0 saturated carbocycles. The van der Waals surface area contributed by atoms with E-state index in [0.717, 1.165) is 34.4 Å². The van der Waals surface area contributed by atoms with E-state index in [1.807, 2.05) is 60.7 Å². The highest BCUT2D eigenvalue weighted by Gasteiger charge is 2.47. The first-order valence-corrected chi connectivity index (χ1v) is 20.4. The van der Waals surface area contributed by atoms with E-state index in [0.29, 0.717) is 6.42 Å². The Morgan fingerprint density at radius 1 is 0.918 bits per heavy atom. The number of anilines is 1. The summed E-state index contributed by atoms with van der Waals surface area (Å²) < 4.78 is 62.4. The van der Waals surface area contributed by atoms with E-state index >= 15 is 18.0 Å². The molecule has 1 saturated heterocycles. The zero-order valence-corrected chi connectivity index (χ0v) is 35.5. The molecule has 2 aliphatic heterocycles. The first-order valence-electron chi connectivity index (χ1n) is 20.4. The van der Waals surface area contributed by atoms with Crippen LogP contribution in [0.3, 0.4) is 0 Å². The second kappa shape index (κ2) is 17.9. The molecule has 0 spiro atoms. The van der Waals surface area contributed by atoms with Gasteiger partial charge in [0.15, 0.2) is 5.60 Å². The number of rotatable bonds is 10. The number of hydrogen-bond acceptors (Lipinski definition) is 7. The molecule has 0 bridgehead atoms. The van der Waals surface area contributed by atoms with Crippen LogP contribution < -0.4 is 15.0 Å². The molecule has 0 unspecified atom stereocenters. The third-order valence-corrected chi connectivity index (χ3v) is 10.7. The maximum absolute atomic E-state index is 15.2. The van der Waals surface area contributed by atoms with E-state index in [1.165, 1.54) is 28.5 Å². The van der Waals surface area contributed by atoms with Crippen molar-refractivity contribution in [3.8, 4) is 16.9 Å². The molecule has 61 heavy (non-hydrogen) atoms. The number of hydrogen-bond donors (Lipinski definition) is 1. The third-order valence-electron chi connectivity index (χ3n) is 10.7. The number of amides is 4. The van der Waals surface area contributed by atoms with Crippen molar-refractivity contribution in [1.29, 1.82) is 0 Å². The van der Waals surface area contributed by atoms with Gasteiger partial charge in [0.25, 0.3) is 11.8 Å². The molecule has 4 aromatic carbocycles. The summed E-state index contributed by atoms with van der Waals surface area (Å²) in [6.45, 7) is 11.5. The lowest BCUT2D eigenvalue weighted by Gasteiger charge is -2.46. The lowest BCUT2D eigenvalue weighted by Crippen LogP contribution is -2.57. The summed E-state index contributed by atoms with van der Waals surface area (Å²) in [6, 6.07) is 27.0. The number of carbonyl (C=O) groups is 4. The molecular weight excluding hydrogens is 790 g/mol. The maximum Gasteiger partial charge on any atom is 0.417 e. The van der Waals surface area contributed by atoms with Gasteiger partial charge in [0.05, 0.1) is 22.9 Å². The van der Waals surface area contributed by atoms with Crippen LogP contribution in [-0.2, 0) is 27.1 Å². The largest absolute Gasteiger partial charge is 0.476 e. The van der Waals surface area contributed by atoms with Crippen molar-refractivity contribution in [3.63, 3.8) is 0 Å². The molecule has 1 N–H and O–H groups in total. The van der Waals surface area contributed by atoms with Crippen LogP contribution in [0.25, 0.3) is 11.1 Å². The van der Waals surface area contributed by atoms with E-state index in [4.69, 9.17) is 14.2 Å². The average Bonchev–Trinajstić information content (AvgIpc) is 3.20. The molecule has 0 radical (unpaired) electrons. The Morgan fingerprint density at radius 3 is 2.21 bits per heavy atom. The van der Waals surface area contributed by atoms with Crippen molar-refractivity contribution >= 4 is 29.7 Å². The van der Waals surface area contributed by atoms with Crippen LogP contribution in [0, 0.1) is 0 Å². The van der Waals surface area contributed by atoms with E-state index in [2.05, 4.69) is 5.32 Å². The molecule has 4 aromatic rings. The fourth-order valence-corrected chi connectivity index (χ4v) is 7.87. The fourth-order valence-electron chi connectivity index (χ4n) is 7.87. The Morgan fingerprint density at radius 2 is 1.57 bits per heavy atom. The van der Waals surface area contributed by atoms with Crippen LogP contribution in [0.4, 0.5) is 28.4 Å². The second-order valence-corrected chi connectivity index (χ2v) is 17.1. The molecule has 2 aliphatic rings. The van der Waals surface area contributed by atoms with E-state index in [9.17, 15) is 14.4 Å². The fraction of sp³-hybridized carbons (Fsp3) is 0.404. The van der Waals surface area contributed by atoms with Crippen molar-refractivity contribution in [2.75, 3.05) is 31.1 Å². The van der Waals surface area contributed by atoms with Crippen LogP contribution >= 0.6 is 0 Å². The van der Waals surface area contributed by atoms with E-state index < -0.39 is 70.5 Å². The van der Waals surface area contributed by atoms with Crippen LogP contribution in [0.2, 0.25) is 0 Å². The number of fused-ring (bicyclic) bond motifs is 1. The summed E-state index contributed by atoms with van der Waals surface area (Å²) in [5.41, 5.74) is -0.863. The number of ether oxygens (including phenoxy) is 3. The highest BCUT2D eigenvalue weighted by atomic mass is 19.4. The summed E-state index contributed by atoms with van der Waals surface area (Å²) in [7, 11) is 0. The molecule has 2 heterocycles. The lowest BCUT2D eigenvalue weighted by atomic mass is 9.82. The summed E-state index contributed by atoms with van der Waals surface area (Å²) in [5, 5.41) is 2.60. The van der Waals surface area contributed by atoms with Crippen molar-refractivity contribution < 1.29 is 46.6 Å². The Labute approximate surface area is 354 Å². The van der Waals surface area contributed by atoms with Gasteiger partial charge in [-0.3, -0.25) is 9.59 Å². The van der Waals surface area contributed by atoms with Gasteiger partial charge >= 0.3 is 18.4 Å². The van der Waals surface area contributed by atoms with Gasteiger partial charge in [0.1, 0.15) is 18.0 Å². The molecule has 14 heteroatoms. The number of carbonyl (C=O) groups excluding carboxylic acids is 4. The number of likely N-dealkylation sites (tertiary alicyclic amines) is 1. The summed E-state index contributed by atoms with van der Waals surface area (Å²) in [4.78, 5) is 59.2. The van der Waals surface area contributed by atoms with Crippen LogP contribution in [0.15, 0.2) is 97.1 Å². The molecule has 0 aliphatic carbocycles. The predicted octanol–water partition coefficient (Wildman–Crippen LogP) is 9.45. The highest BCUT2D eigenvalue weighted by Crippen LogP contribution is 2.45. The van der Waals surface area contributed by atoms with Gasteiger partial charge in [-0.15, -0.1) is 0 Å². The average molecular weight is 843 g/mol. The molecule has 324 valence electrons. The van der Waals surface area contributed by atoms with E-state index in [-0.39, 0.29) is 44.2 Å². The summed E-state index contributed by atoms with van der Waals surface area (Å²) >= 11 is 0. The Balaban J connectivity index is 1.38. The van der Waals surface area contributed by atoms with Gasteiger partial charge in [-0.2, -0.15) is 13.2 Å². The molecule has 0 aromatic heterocycles. The third kappa shape index (κ3) is 10.5. The minimum Gasteiger partial charge on any atom is -0.476 e. The SMILES string of the molecule is CC(C)N(C(=O)c1cc2c(cc1C(F)(F)F)OC(C)(C)C(=O)N2CCNC(=O)OCc1ccccc1)[C@@H]1CN(C(=O)OC(C)(C)C)CC[C@H]1c1cccc(-c2ccccc2)c1. The van der Waals surface area contributed by atoms with E-state index in [1.54, 1.807) is 58.9 Å². The van der Waals surface area contributed by atoms with Gasteiger partial charge in [-0.05, 0) is 89.3 Å². The number of nitrogens with zero attached hydrogens (tertiary/aromatic N) is 3. The highest BCUT2D eigenvalue weighted by molar-refractivity contribution is 6.05. The molecule has 11 nitrogen and oxygen atoms in total. The lowest BCUT2D eigenvalue weighted by molar-refractivity contribution is -0.138. The number of halogens is 3. The quantitative estimate of drug-likeness (QED) is 0.169. The normalized spacial score (nSPS) is 17.6. The molecule has 4 amide bonds. The summed E-state index contributed by atoms with van der Waals surface area (Å²) in [6.07, 6.45) is -5.97. The number of nitrogens with one attached hydrogen (secondary N) is 1. The predicted molar refractivity (Wildman–Crippen MR) is 225 cm³/mol. The van der Waals surface area contributed by atoms with Crippen molar-refractivity contribution in [2.24, 2.45) is 0 Å². The molecule has 1 fully saturated rings. The zero-order valence-electron chi connectivity index (χ0n) is 35.5. The smallest absolute Gasteiger partial charge is 0.417 e.